The van der Waals surface area contributed by atoms with Crippen LogP contribution in [-0.4, -0.2) is 61.4 Å². The van der Waals surface area contributed by atoms with Gasteiger partial charge in [-0.3, -0.25) is 14.6 Å². The minimum absolute atomic E-state index is 0.0954. The van der Waals surface area contributed by atoms with E-state index in [0.717, 1.165) is 53.8 Å². The molecule has 1 amide bonds. The monoisotopic (exact) mass is 441 g/mol. The number of amides is 1. The molecular formula is C23H27N3O2S2. The van der Waals surface area contributed by atoms with Gasteiger partial charge >= 0.3 is 0 Å². The smallest absolute Gasteiger partial charge is 0.233 e. The van der Waals surface area contributed by atoms with Gasteiger partial charge in [-0.2, -0.15) is 0 Å². The molecule has 0 saturated carbocycles. The Morgan fingerprint density at radius 3 is 2.83 bits per heavy atom. The van der Waals surface area contributed by atoms with Crippen molar-refractivity contribution in [2.75, 3.05) is 50.5 Å². The zero-order valence-corrected chi connectivity index (χ0v) is 19.1. The normalized spacial score (nSPS) is 14.9. The molecule has 1 aliphatic rings. The fraction of sp³-hybridized carbons (Fsp3) is 0.391. The van der Waals surface area contributed by atoms with Gasteiger partial charge in [0, 0.05) is 31.1 Å². The van der Waals surface area contributed by atoms with E-state index in [9.17, 15) is 4.79 Å². The van der Waals surface area contributed by atoms with Crippen molar-refractivity contribution >= 4 is 44.4 Å². The molecule has 3 aromatic rings. The summed E-state index contributed by atoms with van der Waals surface area (Å²) in [4.78, 5) is 23.6. The first-order valence-electron chi connectivity index (χ1n) is 10.2. The van der Waals surface area contributed by atoms with Gasteiger partial charge in [0.2, 0.25) is 5.91 Å². The lowest BCUT2D eigenvalue weighted by Gasteiger charge is -2.29. The lowest BCUT2D eigenvalue weighted by atomic mass is 10.1. The van der Waals surface area contributed by atoms with Crippen molar-refractivity contribution in [1.82, 2.24) is 9.88 Å². The number of hydrogen-bond acceptors (Lipinski definition) is 6. The van der Waals surface area contributed by atoms with Gasteiger partial charge in [-0.25, -0.2) is 4.98 Å². The van der Waals surface area contributed by atoms with Gasteiger partial charge in [0.05, 0.1) is 29.9 Å². The fourth-order valence-electron chi connectivity index (χ4n) is 3.62. The molecule has 1 aliphatic heterocycles. The van der Waals surface area contributed by atoms with Crippen LogP contribution in [0.2, 0.25) is 0 Å². The largest absolute Gasteiger partial charge is 0.379 e. The van der Waals surface area contributed by atoms with E-state index < -0.39 is 0 Å². The number of hydrogen-bond donors (Lipinski definition) is 0. The number of fused-ring (bicyclic) bond motifs is 1. The third kappa shape index (κ3) is 5.21. The third-order valence-corrected chi connectivity index (χ3v) is 7.06. The zero-order valence-electron chi connectivity index (χ0n) is 17.5. The van der Waals surface area contributed by atoms with E-state index in [0.29, 0.717) is 13.0 Å². The molecule has 0 spiro atoms. The predicted molar refractivity (Wildman–Crippen MR) is 126 cm³/mol. The minimum atomic E-state index is 0.0954. The van der Waals surface area contributed by atoms with Crippen molar-refractivity contribution < 1.29 is 9.53 Å². The van der Waals surface area contributed by atoms with Crippen LogP contribution in [0.15, 0.2) is 47.4 Å². The Balaban J connectivity index is 1.57. The highest BCUT2D eigenvalue weighted by atomic mass is 32.2. The lowest BCUT2D eigenvalue weighted by Crippen LogP contribution is -2.43. The zero-order chi connectivity index (χ0) is 20.9. The number of anilines is 1. The summed E-state index contributed by atoms with van der Waals surface area (Å²) in [5.41, 5.74) is 3.17. The van der Waals surface area contributed by atoms with E-state index in [1.807, 2.05) is 23.1 Å². The highest BCUT2D eigenvalue weighted by Crippen LogP contribution is 2.32. The Bertz CT molecular complexity index is 1010. The molecule has 1 fully saturated rings. The van der Waals surface area contributed by atoms with Gasteiger partial charge in [-0.05, 0) is 36.9 Å². The maximum absolute atomic E-state index is 13.3. The number of aryl methyl sites for hydroxylation is 1. The van der Waals surface area contributed by atoms with Crippen LogP contribution in [0, 0.1) is 6.92 Å². The van der Waals surface area contributed by atoms with E-state index >= 15 is 0 Å². The molecule has 1 aromatic heterocycles. The van der Waals surface area contributed by atoms with Crippen LogP contribution in [0.1, 0.15) is 11.1 Å². The van der Waals surface area contributed by atoms with Crippen LogP contribution in [0.3, 0.4) is 0 Å². The topological polar surface area (TPSA) is 45.7 Å². The first kappa shape index (κ1) is 21.3. The summed E-state index contributed by atoms with van der Waals surface area (Å²) in [7, 11) is 0. The first-order valence-corrected chi connectivity index (χ1v) is 12.3. The van der Waals surface area contributed by atoms with E-state index in [-0.39, 0.29) is 5.91 Å². The molecule has 0 atom stereocenters. The lowest BCUT2D eigenvalue weighted by molar-refractivity contribution is -0.118. The Labute approximate surface area is 186 Å². The SMILES string of the molecule is CSc1ccc2nc(N(CCN3CCOCC3)C(=O)Cc3cccc(C)c3)sc2c1. The first-order chi connectivity index (χ1) is 14.6. The number of carbonyl (C=O) groups is 1. The Morgan fingerprint density at radius 2 is 2.07 bits per heavy atom. The van der Waals surface area contributed by atoms with Crippen molar-refractivity contribution in [3.63, 3.8) is 0 Å². The van der Waals surface area contributed by atoms with Gasteiger partial charge in [-0.15, -0.1) is 11.8 Å². The molecule has 4 rings (SSSR count). The summed E-state index contributed by atoms with van der Waals surface area (Å²) in [5, 5.41) is 0.786. The molecule has 158 valence electrons. The van der Waals surface area contributed by atoms with Crippen LogP contribution in [0.5, 0.6) is 0 Å². The number of morpholine rings is 1. The molecule has 5 nitrogen and oxygen atoms in total. The maximum Gasteiger partial charge on any atom is 0.233 e. The molecule has 30 heavy (non-hydrogen) atoms. The van der Waals surface area contributed by atoms with Gasteiger partial charge in [0.15, 0.2) is 5.13 Å². The van der Waals surface area contributed by atoms with Crippen molar-refractivity contribution in [2.45, 2.75) is 18.2 Å². The number of ether oxygens (including phenoxy) is 1. The van der Waals surface area contributed by atoms with E-state index in [2.05, 4.69) is 42.3 Å². The number of aromatic nitrogens is 1. The van der Waals surface area contributed by atoms with Crippen molar-refractivity contribution in [1.29, 1.82) is 0 Å². The molecule has 7 heteroatoms. The molecule has 2 heterocycles. The predicted octanol–water partition coefficient (Wildman–Crippen LogP) is 4.23. The van der Waals surface area contributed by atoms with Gasteiger partial charge in [0.25, 0.3) is 0 Å². The van der Waals surface area contributed by atoms with Crippen LogP contribution in [0.25, 0.3) is 10.2 Å². The van der Waals surface area contributed by atoms with Gasteiger partial charge < -0.3 is 4.74 Å². The average molecular weight is 442 g/mol. The molecule has 0 unspecified atom stereocenters. The Morgan fingerprint density at radius 1 is 1.23 bits per heavy atom. The molecular weight excluding hydrogens is 414 g/mol. The van der Waals surface area contributed by atoms with Crippen LogP contribution in [0.4, 0.5) is 5.13 Å². The van der Waals surface area contributed by atoms with Crippen molar-refractivity contribution in [3.8, 4) is 0 Å². The van der Waals surface area contributed by atoms with Crippen LogP contribution in [-0.2, 0) is 16.0 Å². The van der Waals surface area contributed by atoms with Crippen molar-refractivity contribution in [3.05, 3.63) is 53.6 Å². The summed E-state index contributed by atoms with van der Waals surface area (Å²) in [6.07, 6.45) is 2.46. The summed E-state index contributed by atoms with van der Waals surface area (Å²) in [6, 6.07) is 14.5. The number of thiazole rings is 1. The molecule has 0 N–H and O–H groups in total. The molecule has 0 radical (unpaired) electrons. The third-order valence-electron chi connectivity index (χ3n) is 5.30. The van der Waals surface area contributed by atoms with E-state index in [1.54, 1.807) is 23.1 Å². The second-order valence-corrected chi connectivity index (χ2v) is 9.38. The fourth-order valence-corrected chi connectivity index (χ4v) is 5.18. The number of nitrogens with zero attached hydrogens (tertiary/aromatic N) is 3. The van der Waals surface area contributed by atoms with E-state index in [4.69, 9.17) is 9.72 Å². The average Bonchev–Trinajstić information content (AvgIpc) is 3.17. The molecule has 0 bridgehead atoms. The maximum atomic E-state index is 13.3. The van der Waals surface area contributed by atoms with Gasteiger partial charge in [-0.1, -0.05) is 41.2 Å². The number of carbonyl (C=O) groups excluding carboxylic acids is 1. The highest BCUT2D eigenvalue weighted by molar-refractivity contribution is 7.98. The second kappa shape index (κ2) is 9.92. The number of benzene rings is 2. The summed E-state index contributed by atoms with van der Waals surface area (Å²) in [5.74, 6) is 0.0954. The second-order valence-electron chi connectivity index (χ2n) is 7.50. The van der Waals surface area contributed by atoms with Crippen molar-refractivity contribution in [2.24, 2.45) is 0 Å². The Hall–Kier alpha value is -1.93. The van der Waals surface area contributed by atoms with Gasteiger partial charge in [0.1, 0.15) is 0 Å². The molecule has 2 aromatic carbocycles. The van der Waals surface area contributed by atoms with Crippen LogP contribution < -0.4 is 4.90 Å². The summed E-state index contributed by atoms with van der Waals surface area (Å²) >= 11 is 3.32. The summed E-state index contributed by atoms with van der Waals surface area (Å²) in [6.45, 7) is 6.87. The quantitative estimate of drug-likeness (QED) is 0.514. The number of thioether (sulfide) groups is 1. The molecule has 0 aliphatic carbocycles. The number of rotatable bonds is 7. The summed E-state index contributed by atoms with van der Waals surface area (Å²) < 4.78 is 6.58. The standard InChI is InChI=1S/C23H27N3O2S2/c1-17-4-3-5-18(14-17)15-22(27)26(9-8-25-10-12-28-13-11-25)23-24-20-7-6-19(29-2)16-21(20)30-23/h3-7,14,16H,8-13,15H2,1-2H3. The van der Waals surface area contributed by atoms with E-state index in [1.165, 1.54) is 10.5 Å². The Kier molecular flexibility index (Phi) is 7.04. The molecule has 1 saturated heterocycles. The minimum Gasteiger partial charge on any atom is -0.379 e. The highest BCUT2D eigenvalue weighted by Gasteiger charge is 2.22. The van der Waals surface area contributed by atoms with Crippen LogP contribution >= 0.6 is 23.1 Å².